The number of rotatable bonds is 3. The Labute approximate surface area is 184 Å². The van der Waals surface area contributed by atoms with E-state index < -0.39 is 0 Å². The van der Waals surface area contributed by atoms with E-state index >= 15 is 0 Å². The van der Waals surface area contributed by atoms with Gasteiger partial charge in [-0.15, -0.1) is 21.5 Å². The van der Waals surface area contributed by atoms with E-state index in [1.165, 1.54) is 10.4 Å². The SMILES string of the molecule is Cc1nc(N2CCC[C@H](c3nnc4ccccn34)C2)c2cc(-c3ccccc3)sc2n1. The van der Waals surface area contributed by atoms with Crippen LogP contribution in [0.3, 0.4) is 0 Å². The van der Waals surface area contributed by atoms with Crippen molar-refractivity contribution in [2.24, 2.45) is 0 Å². The Morgan fingerprint density at radius 2 is 1.87 bits per heavy atom. The summed E-state index contributed by atoms with van der Waals surface area (Å²) in [6.07, 6.45) is 4.27. The van der Waals surface area contributed by atoms with Gasteiger partial charge in [0.2, 0.25) is 0 Å². The van der Waals surface area contributed by atoms with Crippen LogP contribution >= 0.6 is 11.3 Å². The Balaban J connectivity index is 1.39. The topological polar surface area (TPSA) is 59.2 Å². The molecule has 154 valence electrons. The molecule has 0 unspecified atom stereocenters. The third-order valence-corrected chi connectivity index (χ3v) is 7.05. The van der Waals surface area contributed by atoms with Gasteiger partial charge in [-0.05, 0) is 43.5 Å². The van der Waals surface area contributed by atoms with Crippen molar-refractivity contribution < 1.29 is 0 Å². The van der Waals surface area contributed by atoms with Crippen LogP contribution < -0.4 is 4.90 Å². The fourth-order valence-electron chi connectivity index (χ4n) is 4.51. The lowest BCUT2D eigenvalue weighted by Crippen LogP contribution is -2.35. The number of hydrogen-bond acceptors (Lipinski definition) is 6. The molecule has 0 aliphatic carbocycles. The van der Waals surface area contributed by atoms with Crippen molar-refractivity contribution in [2.75, 3.05) is 18.0 Å². The lowest BCUT2D eigenvalue weighted by molar-refractivity contribution is 0.486. The predicted octanol–water partition coefficient (Wildman–Crippen LogP) is 5.09. The average molecular weight is 427 g/mol. The molecule has 6 nitrogen and oxygen atoms in total. The lowest BCUT2D eigenvalue weighted by atomic mass is 9.97. The average Bonchev–Trinajstić information content (AvgIpc) is 3.44. The molecule has 1 fully saturated rings. The predicted molar refractivity (Wildman–Crippen MR) is 125 cm³/mol. The Hall–Kier alpha value is -3.32. The van der Waals surface area contributed by atoms with Gasteiger partial charge in [-0.1, -0.05) is 36.4 Å². The molecule has 6 rings (SSSR count). The zero-order chi connectivity index (χ0) is 20.8. The van der Waals surface area contributed by atoms with E-state index in [9.17, 15) is 0 Å². The number of piperidine rings is 1. The molecule has 31 heavy (non-hydrogen) atoms. The molecule has 0 radical (unpaired) electrons. The standard InChI is InChI=1S/C24H22N6S/c1-16-25-23(19-14-20(31-24(19)26-16)17-8-3-2-4-9-17)29-12-7-10-18(15-29)22-28-27-21-11-5-6-13-30(21)22/h2-6,8-9,11,13-14,18H,7,10,12,15H2,1H3/t18-/m0/s1. The molecular formula is C24H22N6S. The second-order valence-corrected chi connectivity index (χ2v) is 9.09. The number of aryl methyl sites for hydroxylation is 1. The minimum absolute atomic E-state index is 0.323. The maximum atomic E-state index is 4.89. The van der Waals surface area contributed by atoms with Gasteiger partial charge < -0.3 is 4.90 Å². The number of anilines is 1. The van der Waals surface area contributed by atoms with Crippen LogP contribution in [0, 0.1) is 6.92 Å². The number of thiophene rings is 1. The van der Waals surface area contributed by atoms with Gasteiger partial charge in [-0.3, -0.25) is 4.40 Å². The maximum absolute atomic E-state index is 4.89. The van der Waals surface area contributed by atoms with Crippen LogP contribution in [-0.2, 0) is 0 Å². The quantitative estimate of drug-likeness (QED) is 0.402. The molecule has 0 N–H and O–H groups in total. The monoisotopic (exact) mass is 426 g/mol. The van der Waals surface area contributed by atoms with Gasteiger partial charge in [0.05, 0.1) is 5.39 Å². The number of hydrogen-bond donors (Lipinski definition) is 0. The van der Waals surface area contributed by atoms with Crippen molar-refractivity contribution in [2.45, 2.75) is 25.7 Å². The zero-order valence-corrected chi connectivity index (χ0v) is 18.1. The zero-order valence-electron chi connectivity index (χ0n) is 17.3. The van der Waals surface area contributed by atoms with Crippen LogP contribution in [0.5, 0.6) is 0 Å². The molecule has 0 amide bonds. The van der Waals surface area contributed by atoms with E-state index in [4.69, 9.17) is 9.97 Å². The molecule has 7 heteroatoms. The van der Waals surface area contributed by atoms with Crippen LogP contribution in [0.4, 0.5) is 5.82 Å². The molecule has 1 saturated heterocycles. The molecule has 0 saturated carbocycles. The summed E-state index contributed by atoms with van der Waals surface area (Å²) in [4.78, 5) is 14.3. The first-order valence-electron chi connectivity index (χ1n) is 10.6. The number of nitrogens with zero attached hydrogens (tertiary/aromatic N) is 6. The first-order valence-corrected chi connectivity index (χ1v) is 11.5. The first-order chi connectivity index (χ1) is 15.3. The van der Waals surface area contributed by atoms with Crippen molar-refractivity contribution >= 4 is 33.0 Å². The third-order valence-electron chi connectivity index (χ3n) is 5.97. The maximum Gasteiger partial charge on any atom is 0.160 e. The highest BCUT2D eigenvalue weighted by Crippen LogP contribution is 2.38. The van der Waals surface area contributed by atoms with Gasteiger partial charge in [0.15, 0.2) is 5.65 Å². The third kappa shape index (κ3) is 3.25. The summed E-state index contributed by atoms with van der Waals surface area (Å²) in [5, 5.41) is 10.0. The molecule has 1 aliphatic heterocycles. The van der Waals surface area contributed by atoms with E-state index in [2.05, 4.69) is 56.0 Å². The lowest BCUT2D eigenvalue weighted by Gasteiger charge is -2.33. The van der Waals surface area contributed by atoms with Gasteiger partial charge in [0.25, 0.3) is 0 Å². The highest BCUT2D eigenvalue weighted by atomic mass is 32.1. The van der Waals surface area contributed by atoms with Crippen LogP contribution in [0.15, 0.2) is 60.8 Å². The molecular weight excluding hydrogens is 404 g/mol. The second kappa shape index (κ2) is 7.42. The molecule has 1 atom stereocenters. The summed E-state index contributed by atoms with van der Waals surface area (Å²) in [5.41, 5.74) is 2.13. The van der Waals surface area contributed by atoms with Crippen molar-refractivity contribution in [3.63, 3.8) is 0 Å². The molecule has 0 spiro atoms. The van der Waals surface area contributed by atoms with Crippen molar-refractivity contribution in [1.82, 2.24) is 24.6 Å². The summed E-state index contributed by atoms with van der Waals surface area (Å²) in [6.45, 7) is 3.87. The van der Waals surface area contributed by atoms with Crippen LogP contribution in [0.2, 0.25) is 0 Å². The van der Waals surface area contributed by atoms with Crippen molar-refractivity contribution in [1.29, 1.82) is 0 Å². The smallest absolute Gasteiger partial charge is 0.160 e. The Morgan fingerprint density at radius 3 is 2.77 bits per heavy atom. The Kier molecular flexibility index (Phi) is 4.42. The minimum atomic E-state index is 0.323. The fourth-order valence-corrected chi connectivity index (χ4v) is 5.59. The van der Waals surface area contributed by atoms with E-state index in [-0.39, 0.29) is 0 Å². The van der Waals surface area contributed by atoms with E-state index in [1.807, 2.05) is 31.2 Å². The summed E-state index contributed by atoms with van der Waals surface area (Å²) in [5.74, 6) is 3.22. The Morgan fingerprint density at radius 1 is 1.00 bits per heavy atom. The number of aromatic nitrogens is 5. The van der Waals surface area contributed by atoms with Crippen molar-refractivity contribution in [3.8, 4) is 10.4 Å². The molecule has 5 aromatic rings. The second-order valence-electron chi connectivity index (χ2n) is 8.06. The minimum Gasteiger partial charge on any atom is -0.355 e. The summed E-state index contributed by atoms with van der Waals surface area (Å²) in [7, 11) is 0. The van der Waals surface area contributed by atoms with Gasteiger partial charge in [-0.2, -0.15) is 0 Å². The van der Waals surface area contributed by atoms with Crippen LogP contribution in [0.25, 0.3) is 26.3 Å². The Bertz CT molecular complexity index is 1370. The summed E-state index contributed by atoms with van der Waals surface area (Å²) in [6, 6.07) is 18.8. The number of benzene rings is 1. The van der Waals surface area contributed by atoms with E-state index in [0.29, 0.717) is 5.92 Å². The highest BCUT2D eigenvalue weighted by molar-refractivity contribution is 7.21. The highest BCUT2D eigenvalue weighted by Gasteiger charge is 2.27. The molecule has 5 heterocycles. The number of fused-ring (bicyclic) bond motifs is 2. The first kappa shape index (κ1) is 18.4. The normalized spacial score (nSPS) is 16.9. The van der Waals surface area contributed by atoms with E-state index in [0.717, 1.165) is 59.3 Å². The van der Waals surface area contributed by atoms with Gasteiger partial charge >= 0.3 is 0 Å². The molecule has 1 aromatic carbocycles. The fraction of sp³-hybridized carbons (Fsp3) is 0.250. The number of pyridine rings is 1. The molecule has 1 aliphatic rings. The van der Waals surface area contributed by atoms with Gasteiger partial charge in [0.1, 0.15) is 22.3 Å². The van der Waals surface area contributed by atoms with Crippen LogP contribution in [-0.4, -0.2) is 37.7 Å². The largest absolute Gasteiger partial charge is 0.355 e. The summed E-state index contributed by atoms with van der Waals surface area (Å²) >= 11 is 1.74. The van der Waals surface area contributed by atoms with Gasteiger partial charge in [0, 0.05) is 30.1 Å². The molecule has 0 bridgehead atoms. The van der Waals surface area contributed by atoms with Crippen molar-refractivity contribution in [3.05, 3.63) is 72.4 Å². The van der Waals surface area contributed by atoms with Gasteiger partial charge in [-0.25, -0.2) is 9.97 Å². The van der Waals surface area contributed by atoms with E-state index in [1.54, 1.807) is 11.3 Å². The summed E-state index contributed by atoms with van der Waals surface area (Å²) < 4.78 is 2.12. The van der Waals surface area contributed by atoms with Crippen LogP contribution in [0.1, 0.15) is 30.4 Å². The molecule has 4 aromatic heterocycles.